The number of anilines is 4. The Kier molecular flexibility index (Phi) is 11.4. The van der Waals surface area contributed by atoms with Crippen molar-refractivity contribution >= 4 is 67.1 Å². The Morgan fingerprint density at radius 2 is 1.02 bits per heavy atom. The molecule has 1 aliphatic heterocycles. The van der Waals surface area contributed by atoms with E-state index in [9.17, 15) is 0 Å². The third kappa shape index (κ3) is 9.37. The van der Waals surface area contributed by atoms with E-state index in [-0.39, 0.29) is 0 Å². The van der Waals surface area contributed by atoms with Crippen LogP contribution in [0.5, 0.6) is 23.0 Å². The second-order valence-electron chi connectivity index (χ2n) is 13.5. The number of pyridine rings is 2. The first kappa shape index (κ1) is 37.8. The van der Waals surface area contributed by atoms with E-state index in [1.807, 2.05) is 152 Å². The van der Waals surface area contributed by atoms with E-state index in [0.29, 0.717) is 19.0 Å². The summed E-state index contributed by atoms with van der Waals surface area (Å²) >= 11 is 2.30. The van der Waals surface area contributed by atoms with Crippen LogP contribution in [0, 0.1) is 3.57 Å². The average molecular weight is 889 g/mol. The molecule has 0 aliphatic carbocycles. The number of hydrogen-bond acceptors (Lipinski definition) is 9. The number of furan rings is 1. The first-order valence-corrected chi connectivity index (χ1v) is 20.1. The number of fused-ring (bicyclic) bond motifs is 2. The summed E-state index contributed by atoms with van der Waals surface area (Å²) in [5, 5.41) is 9.07. The van der Waals surface area contributed by atoms with E-state index < -0.39 is 6.29 Å². The maximum Gasteiger partial charge on any atom is 0.217 e. The predicted molar refractivity (Wildman–Crippen MR) is 241 cm³/mol. The molecular weight excluding hydrogens is 851 g/mol. The van der Waals surface area contributed by atoms with Crippen LogP contribution in [0.3, 0.4) is 0 Å². The van der Waals surface area contributed by atoms with Crippen molar-refractivity contribution in [1.29, 1.82) is 0 Å². The normalized spacial score (nSPS) is 12.5. The second kappa shape index (κ2) is 17.8. The molecule has 1 aliphatic rings. The smallest absolute Gasteiger partial charge is 0.217 e. The maximum absolute atomic E-state index is 5.98. The van der Waals surface area contributed by atoms with Gasteiger partial charge in [-0.05, 0) is 150 Å². The van der Waals surface area contributed by atoms with Crippen LogP contribution in [0.1, 0.15) is 12.1 Å². The number of nitrogens with zero attached hydrogens (tertiary/aromatic N) is 2. The summed E-state index contributed by atoms with van der Waals surface area (Å²) in [5.74, 6) is 4.67. The van der Waals surface area contributed by atoms with E-state index in [1.165, 1.54) is 3.57 Å². The molecule has 0 radical (unpaired) electrons. The molecule has 290 valence electrons. The zero-order valence-electron chi connectivity index (χ0n) is 31.6. The van der Waals surface area contributed by atoms with Gasteiger partial charge in [0.25, 0.3) is 0 Å². The minimum absolute atomic E-state index is 0.424. The van der Waals surface area contributed by atoms with Crippen LogP contribution >= 0.6 is 22.6 Å². The molecule has 10 rings (SSSR count). The van der Waals surface area contributed by atoms with Crippen LogP contribution in [-0.2, 0) is 9.47 Å². The number of para-hydroxylation sites is 2. The van der Waals surface area contributed by atoms with E-state index >= 15 is 0 Å². The fraction of sp³-hybridized carbons (Fsp3) is 0.0612. The molecular formula is C49H37IN4O5. The van der Waals surface area contributed by atoms with Crippen LogP contribution < -0.4 is 20.1 Å². The monoisotopic (exact) mass is 888 g/mol. The van der Waals surface area contributed by atoms with Crippen molar-refractivity contribution in [3.8, 4) is 34.3 Å². The number of nitrogens with one attached hydrogen (secondary N) is 2. The highest BCUT2D eigenvalue weighted by molar-refractivity contribution is 14.1. The molecule has 9 aromatic rings. The Morgan fingerprint density at radius 1 is 0.508 bits per heavy atom. The third-order valence-corrected chi connectivity index (χ3v) is 10.1. The van der Waals surface area contributed by atoms with Crippen molar-refractivity contribution in [2.75, 3.05) is 23.8 Å². The van der Waals surface area contributed by atoms with E-state index in [0.717, 1.165) is 78.9 Å². The molecule has 59 heavy (non-hydrogen) atoms. The molecule has 0 spiro atoms. The van der Waals surface area contributed by atoms with Gasteiger partial charge in [-0.2, -0.15) is 0 Å². The van der Waals surface area contributed by atoms with Crippen molar-refractivity contribution in [3.05, 3.63) is 192 Å². The zero-order valence-corrected chi connectivity index (χ0v) is 33.8. The van der Waals surface area contributed by atoms with Gasteiger partial charge in [0.05, 0.1) is 24.2 Å². The molecule has 4 heterocycles. The summed E-state index contributed by atoms with van der Waals surface area (Å²) in [5.41, 5.74) is 6.79. The molecule has 1 fully saturated rings. The second-order valence-corrected chi connectivity index (χ2v) is 14.8. The Morgan fingerprint density at radius 3 is 1.58 bits per heavy atom. The first-order valence-electron chi connectivity index (χ1n) is 19.1. The van der Waals surface area contributed by atoms with Crippen molar-refractivity contribution in [2.45, 2.75) is 6.29 Å². The van der Waals surface area contributed by atoms with Gasteiger partial charge in [-0.15, -0.1) is 0 Å². The van der Waals surface area contributed by atoms with Crippen molar-refractivity contribution in [1.82, 2.24) is 9.97 Å². The molecule has 3 aromatic heterocycles. The lowest BCUT2D eigenvalue weighted by Gasteiger charge is -2.11. The Hall–Kier alpha value is -6.73. The molecule has 6 aromatic carbocycles. The van der Waals surface area contributed by atoms with Crippen molar-refractivity contribution < 1.29 is 23.4 Å². The Bertz CT molecular complexity index is 2790. The quantitative estimate of drug-likeness (QED) is 0.130. The zero-order chi connectivity index (χ0) is 39.8. The molecule has 2 N–H and O–H groups in total. The third-order valence-electron chi connectivity index (χ3n) is 9.44. The summed E-state index contributed by atoms with van der Waals surface area (Å²) in [6.07, 6.45) is 3.20. The number of aromatic nitrogens is 2. The molecule has 0 amide bonds. The van der Waals surface area contributed by atoms with Gasteiger partial charge in [0.15, 0.2) is 5.76 Å². The minimum Gasteiger partial charge on any atom is -0.457 e. The van der Waals surface area contributed by atoms with Gasteiger partial charge < -0.3 is 34.0 Å². The lowest BCUT2D eigenvalue weighted by atomic mass is 10.1. The van der Waals surface area contributed by atoms with Gasteiger partial charge in [-0.1, -0.05) is 42.5 Å². The fourth-order valence-electron chi connectivity index (χ4n) is 6.57. The SMILES string of the molecule is Ic1ccc2c(Nc3ccc(Oc4ccccc4)cc3)ccnc2c1.c1ccc(Oc2ccc(Nc3ccnc4cc(-c5ccc(C6OCCO6)o5)ccc34)cc2)cc1. The highest BCUT2D eigenvalue weighted by Crippen LogP contribution is 2.34. The topological polar surface area (TPSA) is 99.9 Å². The van der Waals surface area contributed by atoms with E-state index in [2.05, 4.69) is 67.5 Å². The van der Waals surface area contributed by atoms with Crippen LogP contribution in [0.4, 0.5) is 22.7 Å². The molecule has 0 unspecified atom stereocenters. The maximum atomic E-state index is 5.98. The first-order chi connectivity index (χ1) is 29.1. The highest BCUT2D eigenvalue weighted by atomic mass is 127. The van der Waals surface area contributed by atoms with Gasteiger partial charge in [-0.25, -0.2) is 0 Å². The summed E-state index contributed by atoms with van der Waals surface area (Å²) in [6.45, 7) is 1.16. The lowest BCUT2D eigenvalue weighted by molar-refractivity contribution is -0.0585. The summed E-state index contributed by atoms with van der Waals surface area (Å²) in [7, 11) is 0. The molecule has 1 saturated heterocycles. The van der Waals surface area contributed by atoms with E-state index in [4.69, 9.17) is 23.4 Å². The summed E-state index contributed by atoms with van der Waals surface area (Å²) < 4.78 is 29.9. The molecule has 9 nitrogen and oxygen atoms in total. The summed E-state index contributed by atoms with van der Waals surface area (Å²) in [6, 6.07) is 55.5. The van der Waals surface area contributed by atoms with Crippen LogP contribution in [0.25, 0.3) is 33.1 Å². The van der Waals surface area contributed by atoms with Gasteiger partial charge in [-0.3, -0.25) is 9.97 Å². The van der Waals surface area contributed by atoms with Gasteiger partial charge in [0.1, 0.15) is 28.8 Å². The Balaban J connectivity index is 0.000000160. The van der Waals surface area contributed by atoms with Crippen molar-refractivity contribution in [3.63, 3.8) is 0 Å². The van der Waals surface area contributed by atoms with E-state index in [1.54, 1.807) is 6.20 Å². The van der Waals surface area contributed by atoms with Gasteiger partial charge in [0.2, 0.25) is 6.29 Å². The summed E-state index contributed by atoms with van der Waals surface area (Å²) in [4.78, 5) is 9.00. The number of rotatable bonds is 10. The highest BCUT2D eigenvalue weighted by Gasteiger charge is 2.22. The predicted octanol–water partition coefficient (Wildman–Crippen LogP) is 13.5. The molecule has 0 bridgehead atoms. The van der Waals surface area contributed by atoms with Gasteiger partial charge >= 0.3 is 0 Å². The van der Waals surface area contributed by atoms with Crippen LogP contribution in [-0.4, -0.2) is 23.2 Å². The van der Waals surface area contributed by atoms with Crippen LogP contribution in [0.2, 0.25) is 0 Å². The number of halogens is 1. The van der Waals surface area contributed by atoms with Gasteiger partial charge in [0, 0.05) is 55.0 Å². The largest absolute Gasteiger partial charge is 0.457 e. The lowest BCUT2D eigenvalue weighted by Crippen LogP contribution is -1.95. The standard InChI is InChI=1S/C28H22N2O4.C21H15IN2O/c1-2-4-21(5-3-1)33-22-9-7-20(8-10-22)30-24-14-15-29-25-18-19(6-11-23(24)25)26-12-13-27(34-26)28-31-16-17-32-28;22-15-6-11-19-20(12-13-23-21(19)14-15)24-16-7-9-18(10-8-16)25-17-4-2-1-3-5-17/h1-15,18,28H,16-17H2,(H,29,30);1-14H,(H,23,24). The molecule has 0 atom stereocenters. The molecule has 10 heteroatoms. The number of benzene rings is 6. The van der Waals surface area contributed by atoms with Crippen LogP contribution in [0.15, 0.2) is 187 Å². The minimum atomic E-state index is -0.424. The van der Waals surface area contributed by atoms with Crippen molar-refractivity contribution in [2.24, 2.45) is 0 Å². The fourth-order valence-corrected chi connectivity index (χ4v) is 7.05. The molecule has 0 saturated carbocycles. The number of ether oxygens (including phenoxy) is 4. The average Bonchev–Trinajstić information content (AvgIpc) is 4.00. The Labute approximate surface area is 354 Å². The number of hydrogen-bond donors (Lipinski definition) is 2.